The normalized spacial score (nSPS) is 18.6. The molecule has 0 saturated carbocycles. The summed E-state index contributed by atoms with van der Waals surface area (Å²) < 4.78 is 33.7. The van der Waals surface area contributed by atoms with Crippen molar-refractivity contribution in [3.8, 4) is 0 Å². The molecule has 4 aromatic rings. The van der Waals surface area contributed by atoms with Gasteiger partial charge in [0.2, 0.25) is 21.8 Å². The standard InChI is InChI=1S/C26H27N5O6S2/c27-24(32)20(13-16-15-28-19-6-2-1-5-18(16)19)29-25(33)21-14-17(30-39(35,36)23-8-4-12-38-23)9-10-31(21)26(34)22-7-3-11-37-22/h1-8,11-12,15,17,20-21,28,30H,9-10,13-14H2,(H2,27,32)(H,29,33). The van der Waals surface area contributed by atoms with Crippen LogP contribution in [0.3, 0.4) is 0 Å². The summed E-state index contributed by atoms with van der Waals surface area (Å²) in [5.74, 6) is -1.80. The smallest absolute Gasteiger partial charge is 0.290 e. The van der Waals surface area contributed by atoms with Gasteiger partial charge in [-0.3, -0.25) is 14.4 Å². The largest absolute Gasteiger partial charge is 0.459 e. The molecule has 204 valence electrons. The Balaban J connectivity index is 1.37. The van der Waals surface area contributed by atoms with Gasteiger partial charge in [0.05, 0.1) is 6.26 Å². The number of sulfonamides is 1. The number of H-pyrrole nitrogens is 1. The van der Waals surface area contributed by atoms with Crippen LogP contribution in [-0.4, -0.2) is 60.7 Å². The second-order valence-electron chi connectivity index (χ2n) is 9.29. The molecular weight excluding hydrogens is 542 g/mol. The van der Waals surface area contributed by atoms with Crippen molar-refractivity contribution in [1.29, 1.82) is 0 Å². The first-order valence-corrected chi connectivity index (χ1v) is 14.6. The van der Waals surface area contributed by atoms with E-state index in [9.17, 15) is 22.8 Å². The number of primary amides is 1. The van der Waals surface area contributed by atoms with Crippen molar-refractivity contribution >= 4 is 50.0 Å². The number of nitrogens with two attached hydrogens (primary N) is 1. The third kappa shape index (κ3) is 5.75. The lowest BCUT2D eigenvalue weighted by atomic mass is 9.96. The molecule has 3 aromatic heterocycles. The Morgan fingerprint density at radius 3 is 2.69 bits per heavy atom. The SMILES string of the molecule is NC(=O)C(Cc1c[nH]c2ccccc12)NC(=O)C1CC(NS(=O)(=O)c2cccs2)CCN1C(=O)c1ccco1. The number of para-hydroxylation sites is 1. The molecule has 11 nitrogen and oxygen atoms in total. The molecule has 1 fully saturated rings. The molecular formula is C26H27N5O6S2. The van der Waals surface area contributed by atoms with E-state index < -0.39 is 45.9 Å². The summed E-state index contributed by atoms with van der Waals surface area (Å²) in [5, 5.41) is 5.26. The van der Waals surface area contributed by atoms with Crippen LogP contribution in [0.2, 0.25) is 0 Å². The van der Waals surface area contributed by atoms with E-state index in [0.29, 0.717) is 0 Å². The lowest BCUT2D eigenvalue weighted by Crippen LogP contribution is -2.59. The average Bonchev–Trinajstić information content (AvgIpc) is 3.70. The van der Waals surface area contributed by atoms with E-state index in [1.54, 1.807) is 23.7 Å². The molecule has 0 bridgehead atoms. The molecule has 0 aliphatic carbocycles. The van der Waals surface area contributed by atoms with Crippen molar-refractivity contribution in [1.82, 2.24) is 19.9 Å². The third-order valence-corrected chi connectivity index (χ3v) is 9.66. The Kier molecular flexibility index (Phi) is 7.55. The number of nitrogens with one attached hydrogen (secondary N) is 3. The zero-order valence-corrected chi connectivity index (χ0v) is 22.3. The molecule has 1 aliphatic rings. The second-order valence-corrected chi connectivity index (χ2v) is 12.2. The Labute approximate surface area is 228 Å². The number of nitrogens with zero attached hydrogens (tertiary/aromatic N) is 1. The maximum atomic E-state index is 13.6. The van der Waals surface area contributed by atoms with Gasteiger partial charge in [-0.15, -0.1) is 11.3 Å². The fraction of sp³-hybridized carbons (Fsp3) is 0.269. The van der Waals surface area contributed by atoms with E-state index in [4.69, 9.17) is 10.2 Å². The van der Waals surface area contributed by atoms with E-state index >= 15 is 0 Å². The molecule has 3 atom stereocenters. The van der Waals surface area contributed by atoms with Crippen LogP contribution in [0.15, 0.2) is 75.0 Å². The van der Waals surface area contributed by atoms with Crippen LogP contribution in [-0.2, 0) is 26.0 Å². The number of thiophene rings is 1. The topological polar surface area (TPSA) is 168 Å². The zero-order valence-electron chi connectivity index (χ0n) is 20.7. The van der Waals surface area contributed by atoms with E-state index in [1.165, 1.54) is 23.3 Å². The van der Waals surface area contributed by atoms with Crippen LogP contribution in [0.5, 0.6) is 0 Å². The zero-order chi connectivity index (χ0) is 27.6. The molecule has 4 heterocycles. The quantitative estimate of drug-likeness (QED) is 0.240. The number of furan rings is 1. The first-order chi connectivity index (χ1) is 18.7. The summed E-state index contributed by atoms with van der Waals surface area (Å²) in [6.07, 6.45) is 3.54. The minimum absolute atomic E-state index is 0.00144. The minimum Gasteiger partial charge on any atom is -0.459 e. The lowest BCUT2D eigenvalue weighted by Gasteiger charge is -2.38. The number of carbonyl (C=O) groups is 3. The number of aromatic nitrogens is 1. The molecule has 1 saturated heterocycles. The van der Waals surface area contributed by atoms with Gasteiger partial charge in [0.1, 0.15) is 16.3 Å². The predicted molar refractivity (Wildman–Crippen MR) is 144 cm³/mol. The summed E-state index contributed by atoms with van der Waals surface area (Å²) in [6, 6.07) is 11.0. The average molecular weight is 570 g/mol. The monoisotopic (exact) mass is 569 g/mol. The molecule has 0 spiro atoms. The van der Waals surface area contributed by atoms with Gasteiger partial charge >= 0.3 is 0 Å². The van der Waals surface area contributed by atoms with Crippen molar-refractivity contribution in [2.75, 3.05) is 6.54 Å². The number of likely N-dealkylation sites (tertiary alicyclic amines) is 1. The Hall–Kier alpha value is -3.94. The first-order valence-electron chi connectivity index (χ1n) is 12.3. The maximum absolute atomic E-state index is 13.6. The molecule has 0 radical (unpaired) electrons. The van der Waals surface area contributed by atoms with Crippen molar-refractivity contribution in [3.63, 3.8) is 0 Å². The molecule has 3 amide bonds. The number of carbonyl (C=O) groups excluding carboxylic acids is 3. The van der Waals surface area contributed by atoms with Gasteiger partial charge in [-0.05, 0) is 48.1 Å². The maximum Gasteiger partial charge on any atom is 0.290 e. The van der Waals surface area contributed by atoms with Crippen molar-refractivity contribution in [2.45, 2.75) is 41.6 Å². The Morgan fingerprint density at radius 2 is 1.97 bits per heavy atom. The molecule has 5 rings (SSSR count). The number of benzene rings is 1. The lowest BCUT2D eigenvalue weighted by molar-refractivity contribution is -0.131. The highest BCUT2D eigenvalue weighted by Gasteiger charge is 2.40. The summed E-state index contributed by atoms with van der Waals surface area (Å²) >= 11 is 1.08. The van der Waals surface area contributed by atoms with Crippen LogP contribution in [0.4, 0.5) is 0 Å². The first kappa shape index (κ1) is 26.7. The number of rotatable bonds is 9. The highest BCUT2D eigenvalue weighted by Crippen LogP contribution is 2.25. The molecule has 1 aromatic carbocycles. The second kappa shape index (κ2) is 11.0. The number of hydrogen-bond acceptors (Lipinski definition) is 7. The van der Waals surface area contributed by atoms with Crippen molar-refractivity contribution in [2.24, 2.45) is 5.73 Å². The number of piperidine rings is 1. The van der Waals surface area contributed by atoms with Crippen LogP contribution in [0, 0.1) is 0 Å². The van der Waals surface area contributed by atoms with Crippen LogP contribution in [0.25, 0.3) is 10.9 Å². The van der Waals surface area contributed by atoms with Gasteiger partial charge in [0, 0.05) is 36.1 Å². The number of hydrogen-bond donors (Lipinski definition) is 4. The molecule has 39 heavy (non-hydrogen) atoms. The highest BCUT2D eigenvalue weighted by molar-refractivity contribution is 7.91. The van der Waals surface area contributed by atoms with Gasteiger partial charge in [-0.25, -0.2) is 13.1 Å². The van der Waals surface area contributed by atoms with E-state index in [-0.39, 0.29) is 35.8 Å². The molecule has 13 heteroatoms. The van der Waals surface area contributed by atoms with Crippen LogP contribution >= 0.6 is 11.3 Å². The van der Waals surface area contributed by atoms with Crippen LogP contribution < -0.4 is 15.8 Å². The summed E-state index contributed by atoms with van der Waals surface area (Å²) in [7, 11) is -3.80. The molecule has 5 N–H and O–H groups in total. The molecule has 3 unspecified atom stereocenters. The van der Waals surface area contributed by atoms with Gasteiger partial charge in [0.15, 0.2) is 5.76 Å². The van der Waals surface area contributed by atoms with Gasteiger partial charge in [-0.1, -0.05) is 24.3 Å². The number of amides is 3. The van der Waals surface area contributed by atoms with Crippen molar-refractivity contribution in [3.05, 3.63) is 77.7 Å². The molecule has 1 aliphatic heterocycles. The fourth-order valence-corrected chi connectivity index (χ4v) is 7.10. The number of fused-ring (bicyclic) bond motifs is 1. The predicted octanol–water partition coefficient (Wildman–Crippen LogP) is 1.99. The third-order valence-electron chi connectivity index (χ3n) is 6.74. The fourth-order valence-electron chi connectivity index (χ4n) is 4.81. The number of aromatic amines is 1. The highest BCUT2D eigenvalue weighted by atomic mass is 32.2. The minimum atomic E-state index is -3.80. The summed E-state index contributed by atoms with van der Waals surface area (Å²) in [5.41, 5.74) is 7.34. The van der Waals surface area contributed by atoms with Gasteiger partial charge < -0.3 is 25.4 Å². The van der Waals surface area contributed by atoms with E-state index in [2.05, 4.69) is 15.0 Å². The van der Waals surface area contributed by atoms with Crippen molar-refractivity contribution < 1.29 is 27.2 Å². The van der Waals surface area contributed by atoms with E-state index in [1.807, 2.05) is 24.3 Å². The Morgan fingerprint density at radius 1 is 1.15 bits per heavy atom. The van der Waals surface area contributed by atoms with Gasteiger partial charge in [0.25, 0.3) is 5.91 Å². The van der Waals surface area contributed by atoms with E-state index in [0.717, 1.165) is 27.8 Å². The Bertz CT molecular complexity index is 1580. The van der Waals surface area contributed by atoms with Gasteiger partial charge in [-0.2, -0.15) is 0 Å². The van der Waals surface area contributed by atoms with Crippen LogP contribution in [0.1, 0.15) is 29.0 Å². The summed E-state index contributed by atoms with van der Waals surface area (Å²) in [4.78, 5) is 43.7. The summed E-state index contributed by atoms with van der Waals surface area (Å²) in [6.45, 7) is 0.0962.